The van der Waals surface area contributed by atoms with Crippen molar-refractivity contribution in [1.82, 2.24) is 9.80 Å². The van der Waals surface area contributed by atoms with Gasteiger partial charge in [0.1, 0.15) is 0 Å². The van der Waals surface area contributed by atoms with Gasteiger partial charge < -0.3 is 19.3 Å². The average Bonchev–Trinajstić information content (AvgIpc) is 3.11. The molecule has 0 aliphatic carbocycles. The highest BCUT2D eigenvalue weighted by Gasteiger charge is 2.53. The molecule has 96 valence electrons. The number of epoxide rings is 1. The summed E-state index contributed by atoms with van der Waals surface area (Å²) in [5.41, 5.74) is 0. The minimum Gasteiger partial charge on any atom is -0.467 e. The van der Waals surface area contributed by atoms with Gasteiger partial charge in [-0.25, -0.2) is 4.79 Å². The number of likely N-dealkylation sites (N-methyl/N-ethyl adjacent to an activating group) is 1. The second kappa shape index (κ2) is 4.62. The molecule has 2 heterocycles. The van der Waals surface area contributed by atoms with Crippen LogP contribution in [0.5, 0.6) is 0 Å². The molecule has 6 heteroatoms. The van der Waals surface area contributed by atoms with Crippen LogP contribution in [-0.2, 0) is 19.1 Å². The van der Waals surface area contributed by atoms with E-state index in [4.69, 9.17) is 4.74 Å². The van der Waals surface area contributed by atoms with Crippen LogP contribution in [0.15, 0.2) is 0 Å². The molecule has 0 spiro atoms. The zero-order chi connectivity index (χ0) is 12.6. The highest BCUT2D eigenvalue weighted by Crippen LogP contribution is 2.26. The van der Waals surface area contributed by atoms with Gasteiger partial charge in [-0.2, -0.15) is 0 Å². The number of methoxy groups -OCH3 is 1. The Morgan fingerprint density at radius 1 is 1.29 bits per heavy atom. The Labute approximate surface area is 100 Å². The number of hydrogen-bond acceptors (Lipinski definition) is 5. The fourth-order valence-electron chi connectivity index (χ4n) is 2.02. The summed E-state index contributed by atoms with van der Waals surface area (Å²) in [6, 6.07) is 0.336. The maximum Gasteiger partial charge on any atom is 0.338 e. The van der Waals surface area contributed by atoms with Crippen molar-refractivity contribution in [1.29, 1.82) is 0 Å². The van der Waals surface area contributed by atoms with Gasteiger partial charge in [0.05, 0.1) is 7.11 Å². The summed E-state index contributed by atoms with van der Waals surface area (Å²) in [4.78, 5) is 27.1. The first-order valence-corrected chi connectivity index (χ1v) is 5.77. The molecule has 0 N–H and O–H groups in total. The molecular formula is C11H18N2O4. The van der Waals surface area contributed by atoms with E-state index in [1.807, 2.05) is 7.05 Å². The third-order valence-electron chi connectivity index (χ3n) is 3.44. The number of hydrogen-bond donors (Lipinski definition) is 0. The van der Waals surface area contributed by atoms with Gasteiger partial charge in [-0.1, -0.05) is 0 Å². The second-order valence-electron chi connectivity index (χ2n) is 4.61. The van der Waals surface area contributed by atoms with E-state index in [0.29, 0.717) is 19.1 Å². The Morgan fingerprint density at radius 2 is 2.00 bits per heavy atom. The van der Waals surface area contributed by atoms with Crippen LogP contribution in [0.2, 0.25) is 0 Å². The molecule has 2 aliphatic rings. The smallest absolute Gasteiger partial charge is 0.338 e. The highest BCUT2D eigenvalue weighted by atomic mass is 16.6. The van der Waals surface area contributed by atoms with Crippen molar-refractivity contribution in [3.05, 3.63) is 0 Å². The molecule has 0 aromatic carbocycles. The van der Waals surface area contributed by atoms with Gasteiger partial charge >= 0.3 is 5.97 Å². The van der Waals surface area contributed by atoms with E-state index in [0.717, 1.165) is 6.54 Å². The Kier molecular flexibility index (Phi) is 3.35. The molecule has 2 aliphatic heterocycles. The lowest BCUT2D eigenvalue weighted by molar-refractivity contribution is -0.142. The molecule has 2 saturated heterocycles. The molecule has 0 bridgehead atoms. The van der Waals surface area contributed by atoms with Crippen LogP contribution in [0.3, 0.4) is 0 Å². The molecule has 1 amide bonds. The van der Waals surface area contributed by atoms with Crippen molar-refractivity contribution < 1.29 is 19.1 Å². The topological polar surface area (TPSA) is 62.4 Å². The zero-order valence-corrected chi connectivity index (χ0v) is 10.4. The lowest BCUT2D eigenvalue weighted by Crippen LogP contribution is -2.53. The standard InChI is InChI=1S/C11H18N2O4/c1-7-6-13(5-4-12(7)2)10(14)8-9(17-8)11(15)16-3/h7-9H,4-6H2,1-3H3. The summed E-state index contributed by atoms with van der Waals surface area (Å²) >= 11 is 0. The molecule has 0 aromatic rings. The number of nitrogens with zero attached hydrogens (tertiary/aromatic N) is 2. The fraction of sp³-hybridized carbons (Fsp3) is 0.818. The molecule has 0 saturated carbocycles. The first kappa shape index (κ1) is 12.3. The number of esters is 1. The minimum atomic E-state index is -0.692. The summed E-state index contributed by atoms with van der Waals surface area (Å²) < 4.78 is 9.60. The van der Waals surface area contributed by atoms with Crippen LogP contribution in [0.1, 0.15) is 6.92 Å². The number of carbonyl (C=O) groups is 2. The molecule has 6 nitrogen and oxygen atoms in total. The van der Waals surface area contributed by atoms with Crippen LogP contribution >= 0.6 is 0 Å². The van der Waals surface area contributed by atoms with Crippen LogP contribution in [0.4, 0.5) is 0 Å². The summed E-state index contributed by atoms with van der Waals surface area (Å²) in [6.45, 7) is 4.30. The van der Waals surface area contributed by atoms with Gasteiger partial charge in [0.25, 0.3) is 5.91 Å². The number of ether oxygens (including phenoxy) is 2. The fourth-order valence-corrected chi connectivity index (χ4v) is 2.02. The molecule has 17 heavy (non-hydrogen) atoms. The van der Waals surface area contributed by atoms with Crippen molar-refractivity contribution in [2.75, 3.05) is 33.8 Å². The Balaban J connectivity index is 1.88. The Morgan fingerprint density at radius 3 is 2.59 bits per heavy atom. The monoisotopic (exact) mass is 242 g/mol. The van der Waals surface area contributed by atoms with Crippen molar-refractivity contribution in [2.45, 2.75) is 25.2 Å². The molecule has 2 fully saturated rings. The lowest BCUT2D eigenvalue weighted by Gasteiger charge is -2.37. The van der Waals surface area contributed by atoms with Gasteiger partial charge in [-0.15, -0.1) is 0 Å². The Bertz CT molecular complexity index is 333. The molecule has 0 radical (unpaired) electrons. The summed E-state index contributed by atoms with van der Waals surface area (Å²) in [7, 11) is 3.33. The molecular weight excluding hydrogens is 224 g/mol. The second-order valence-corrected chi connectivity index (χ2v) is 4.61. The summed E-state index contributed by atoms with van der Waals surface area (Å²) in [6.07, 6.45) is -1.32. The quantitative estimate of drug-likeness (QED) is 0.463. The van der Waals surface area contributed by atoms with Gasteiger partial charge in [0, 0.05) is 25.7 Å². The van der Waals surface area contributed by atoms with E-state index >= 15 is 0 Å². The normalized spacial score (nSPS) is 33.4. The predicted octanol–water partition coefficient (Wildman–Crippen LogP) is -0.911. The van der Waals surface area contributed by atoms with E-state index in [1.54, 1.807) is 4.90 Å². The van der Waals surface area contributed by atoms with Gasteiger partial charge in [-0.3, -0.25) is 4.79 Å². The van der Waals surface area contributed by atoms with Crippen LogP contribution in [0, 0.1) is 0 Å². The van der Waals surface area contributed by atoms with Crippen molar-refractivity contribution >= 4 is 11.9 Å². The first-order valence-electron chi connectivity index (χ1n) is 5.77. The molecule has 2 rings (SSSR count). The molecule has 3 unspecified atom stereocenters. The lowest BCUT2D eigenvalue weighted by atomic mass is 10.2. The van der Waals surface area contributed by atoms with Gasteiger partial charge in [-0.05, 0) is 14.0 Å². The van der Waals surface area contributed by atoms with Crippen LogP contribution in [0.25, 0.3) is 0 Å². The highest BCUT2D eigenvalue weighted by molar-refractivity contribution is 5.92. The Hall–Kier alpha value is -1.14. The SMILES string of the molecule is COC(=O)C1OC1C(=O)N1CCN(C)C(C)C1. The minimum absolute atomic E-state index is 0.0969. The van der Waals surface area contributed by atoms with E-state index in [9.17, 15) is 9.59 Å². The van der Waals surface area contributed by atoms with E-state index in [-0.39, 0.29) is 5.91 Å². The van der Waals surface area contributed by atoms with E-state index in [1.165, 1.54) is 7.11 Å². The van der Waals surface area contributed by atoms with E-state index in [2.05, 4.69) is 16.6 Å². The van der Waals surface area contributed by atoms with Gasteiger partial charge in [0.2, 0.25) is 0 Å². The van der Waals surface area contributed by atoms with Crippen LogP contribution in [-0.4, -0.2) is 73.7 Å². The van der Waals surface area contributed by atoms with Crippen molar-refractivity contribution in [2.24, 2.45) is 0 Å². The van der Waals surface area contributed by atoms with Crippen molar-refractivity contribution in [3.8, 4) is 0 Å². The van der Waals surface area contributed by atoms with Crippen LogP contribution < -0.4 is 0 Å². The number of piperazine rings is 1. The summed E-state index contributed by atoms with van der Waals surface area (Å²) in [5, 5.41) is 0. The van der Waals surface area contributed by atoms with E-state index < -0.39 is 18.2 Å². The average molecular weight is 242 g/mol. The maximum atomic E-state index is 12.0. The third kappa shape index (κ3) is 2.42. The predicted molar refractivity (Wildman–Crippen MR) is 59.3 cm³/mol. The maximum absolute atomic E-state index is 12.0. The zero-order valence-electron chi connectivity index (χ0n) is 10.4. The van der Waals surface area contributed by atoms with Gasteiger partial charge in [0.15, 0.2) is 12.2 Å². The molecule has 3 atom stereocenters. The number of carbonyl (C=O) groups excluding carboxylic acids is 2. The molecule has 0 aromatic heterocycles. The number of rotatable bonds is 2. The number of amides is 1. The summed E-state index contributed by atoms with van der Waals surface area (Å²) in [5.74, 6) is -0.564. The van der Waals surface area contributed by atoms with Crippen molar-refractivity contribution in [3.63, 3.8) is 0 Å². The largest absolute Gasteiger partial charge is 0.467 e. The third-order valence-corrected chi connectivity index (χ3v) is 3.44. The first-order chi connectivity index (χ1) is 8.04.